The number of halogens is 1. The summed E-state index contributed by atoms with van der Waals surface area (Å²) in [6, 6.07) is 16.8. The highest BCUT2D eigenvalue weighted by atomic mass is 32.2. The molecule has 0 radical (unpaired) electrons. The van der Waals surface area contributed by atoms with Gasteiger partial charge >= 0.3 is 5.97 Å². The Hall–Kier alpha value is -3.39. The molecule has 6 nitrogen and oxygen atoms in total. The minimum atomic E-state index is -3.88. The number of hydrogen-bond acceptors (Lipinski definition) is 3. The van der Waals surface area contributed by atoms with Crippen LogP contribution in [0.1, 0.15) is 0 Å². The van der Waals surface area contributed by atoms with Crippen molar-refractivity contribution in [2.45, 2.75) is 11.4 Å². The number of anilines is 1. The van der Waals surface area contributed by atoms with Gasteiger partial charge in [0.25, 0.3) is 10.0 Å². The molecule has 0 saturated heterocycles. The highest BCUT2D eigenvalue weighted by Crippen LogP contribution is 2.31. The van der Waals surface area contributed by atoms with Crippen LogP contribution in [0, 0.1) is 5.82 Å². The van der Waals surface area contributed by atoms with Crippen LogP contribution in [0.3, 0.4) is 0 Å². The Kier molecular flexibility index (Phi) is 4.27. The number of carbonyl (C=O) groups is 1. The molecule has 0 unspecified atom stereocenters. The summed E-state index contributed by atoms with van der Waals surface area (Å²) < 4.78 is 42.3. The number of sulfonamides is 1. The summed E-state index contributed by atoms with van der Waals surface area (Å²) >= 11 is 0. The smallest absolute Gasteiger partial charge is 0.323 e. The molecule has 4 aromatic rings. The van der Waals surface area contributed by atoms with E-state index in [4.69, 9.17) is 0 Å². The maximum Gasteiger partial charge on any atom is 0.323 e. The van der Waals surface area contributed by atoms with Gasteiger partial charge in [0.15, 0.2) is 0 Å². The normalized spacial score (nSPS) is 11.8. The van der Waals surface area contributed by atoms with Crippen LogP contribution in [0.4, 0.5) is 10.1 Å². The molecule has 0 saturated carbocycles. The number of benzene rings is 3. The van der Waals surface area contributed by atoms with Gasteiger partial charge in [-0.05, 0) is 48.5 Å². The Morgan fingerprint density at radius 1 is 0.964 bits per heavy atom. The first-order valence-corrected chi connectivity index (χ1v) is 9.85. The molecule has 3 aromatic carbocycles. The lowest BCUT2D eigenvalue weighted by Crippen LogP contribution is -2.13. The Labute approximate surface area is 159 Å². The quantitative estimate of drug-likeness (QED) is 0.535. The molecule has 28 heavy (non-hydrogen) atoms. The number of nitrogens with zero attached hydrogens (tertiary/aromatic N) is 1. The largest absolute Gasteiger partial charge is 0.480 e. The third-order valence-electron chi connectivity index (χ3n) is 4.44. The Balaban J connectivity index is 1.81. The maximum atomic E-state index is 13.1. The van der Waals surface area contributed by atoms with Crippen LogP contribution >= 0.6 is 0 Å². The maximum absolute atomic E-state index is 13.1. The molecule has 1 heterocycles. The number of aliphatic carboxylic acids is 1. The average Bonchev–Trinajstić information content (AvgIpc) is 2.95. The van der Waals surface area contributed by atoms with Crippen molar-refractivity contribution in [1.29, 1.82) is 0 Å². The molecule has 0 fully saturated rings. The number of hydrogen-bond donors (Lipinski definition) is 2. The first-order valence-electron chi connectivity index (χ1n) is 8.36. The average molecular weight is 398 g/mol. The van der Waals surface area contributed by atoms with Gasteiger partial charge in [-0.15, -0.1) is 0 Å². The molecule has 0 aliphatic carbocycles. The molecule has 0 amide bonds. The van der Waals surface area contributed by atoms with Gasteiger partial charge in [-0.3, -0.25) is 9.52 Å². The highest BCUT2D eigenvalue weighted by Gasteiger charge is 2.17. The van der Waals surface area contributed by atoms with E-state index in [-0.39, 0.29) is 11.4 Å². The van der Waals surface area contributed by atoms with Crippen LogP contribution in [0.2, 0.25) is 0 Å². The molecule has 0 spiro atoms. The van der Waals surface area contributed by atoms with Crippen molar-refractivity contribution in [3.05, 3.63) is 72.5 Å². The molecule has 2 N–H and O–H groups in total. The Bertz CT molecular complexity index is 1310. The van der Waals surface area contributed by atoms with Crippen molar-refractivity contribution in [3.63, 3.8) is 0 Å². The van der Waals surface area contributed by atoms with Gasteiger partial charge < -0.3 is 9.67 Å². The number of para-hydroxylation sites is 1. The van der Waals surface area contributed by atoms with E-state index in [0.29, 0.717) is 11.2 Å². The van der Waals surface area contributed by atoms with E-state index in [9.17, 15) is 22.7 Å². The zero-order valence-electron chi connectivity index (χ0n) is 14.5. The van der Waals surface area contributed by atoms with E-state index in [0.717, 1.165) is 28.4 Å². The predicted octanol–water partition coefficient (Wildman–Crippen LogP) is 3.82. The number of aromatic nitrogens is 1. The zero-order valence-corrected chi connectivity index (χ0v) is 15.3. The lowest BCUT2D eigenvalue weighted by molar-refractivity contribution is -0.137. The molecule has 0 aliphatic heterocycles. The molecular weight excluding hydrogens is 383 g/mol. The van der Waals surface area contributed by atoms with Crippen LogP contribution in [0.25, 0.3) is 21.8 Å². The summed E-state index contributed by atoms with van der Waals surface area (Å²) in [6.07, 6.45) is 0. The minimum absolute atomic E-state index is 0.0534. The number of rotatable bonds is 5. The van der Waals surface area contributed by atoms with E-state index in [1.807, 2.05) is 24.3 Å². The van der Waals surface area contributed by atoms with E-state index in [2.05, 4.69) is 4.72 Å². The van der Waals surface area contributed by atoms with Crippen LogP contribution in [-0.4, -0.2) is 24.1 Å². The Morgan fingerprint density at radius 2 is 1.64 bits per heavy atom. The minimum Gasteiger partial charge on any atom is -0.480 e. The summed E-state index contributed by atoms with van der Waals surface area (Å²) in [4.78, 5) is 11.2. The van der Waals surface area contributed by atoms with Crippen molar-refractivity contribution >= 4 is 43.5 Å². The number of fused-ring (bicyclic) bond motifs is 3. The first-order chi connectivity index (χ1) is 13.3. The molecule has 8 heteroatoms. The second-order valence-electron chi connectivity index (χ2n) is 6.29. The lowest BCUT2D eigenvalue weighted by Gasteiger charge is -2.09. The van der Waals surface area contributed by atoms with Crippen LogP contribution in [0.5, 0.6) is 0 Å². The summed E-state index contributed by atoms with van der Waals surface area (Å²) in [5, 5.41) is 10.8. The first kappa shape index (κ1) is 18.0. The SMILES string of the molecule is O=C(O)Cn1c2ccccc2c2cc(NS(=O)(=O)c3ccc(F)cc3)ccc21. The van der Waals surface area contributed by atoms with Crippen LogP contribution in [-0.2, 0) is 21.4 Å². The predicted molar refractivity (Wildman–Crippen MR) is 104 cm³/mol. The van der Waals surface area contributed by atoms with E-state index >= 15 is 0 Å². The molecule has 0 bridgehead atoms. The molecule has 4 rings (SSSR count). The van der Waals surface area contributed by atoms with Crippen molar-refractivity contribution in [2.75, 3.05) is 4.72 Å². The second kappa shape index (κ2) is 6.65. The van der Waals surface area contributed by atoms with E-state index in [1.54, 1.807) is 22.8 Å². The summed E-state index contributed by atoms with van der Waals surface area (Å²) in [7, 11) is -3.88. The molecule has 0 atom stereocenters. The molecule has 1 aromatic heterocycles. The summed E-state index contributed by atoms with van der Waals surface area (Å²) in [5.74, 6) is -1.49. The molecular formula is C20H15FN2O4S. The standard InChI is InChI=1S/C20H15FN2O4S/c21-13-5-8-15(9-6-13)28(26,27)22-14-7-10-19-17(11-14)16-3-1-2-4-18(16)23(19)12-20(24)25/h1-11,22H,12H2,(H,24,25). The highest BCUT2D eigenvalue weighted by molar-refractivity contribution is 7.92. The Morgan fingerprint density at radius 3 is 2.36 bits per heavy atom. The molecule has 142 valence electrons. The van der Waals surface area contributed by atoms with Crippen molar-refractivity contribution in [3.8, 4) is 0 Å². The fourth-order valence-electron chi connectivity index (χ4n) is 3.25. The van der Waals surface area contributed by atoms with E-state index in [1.165, 1.54) is 12.1 Å². The number of carboxylic acid groups (broad SMARTS) is 1. The van der Waals surface area contributed by atoms with Gasteiger partial charge in [0.05, 0.1) is 4.90 Å². The van der Waals surface area contributed by atoms with Gasteiger partial charge in [0.2, 0.25) is 0 Å². The van der Waals surface area contributed by atoms with Crippen molar-refractivity contribution in [1.82, 2.24) is 4.57 Å². The van der Waals surface area contributed by atoms with Gasteiger partial charge in [0, 0.05) is 27.5 Å². The third-order valence-corrected chi connectivity index (χ3v) is 5.84. The fraction of sp³-hybridized carbons (Fsp3) is 0.0500. The van der Waals surface area contributed by atoms with Gasteiger partial charge in [-0.2, -0.15) is 0 Å². The molecule has 0 aliphatic rings. The summed E-state index contributed by atoms with van der Waals surface area (Å²) in [6.45, 7) is -0.204. The van der Waals surface area contributed by atoms with Gasteiger partial charge in [-0.25, -0.2) is 12.8 Å². The van der Waals surface area contributed by atoms with Gasteiger partial charge in [-0.1, -0.05) is 18.2 Å². The topological polar surface area (TPSA) is 88.4 Å². The lowest BCUT2D eigenvalue weighted by atomic mass is 10.1. The van der Waals surface area contributed by atoms with E-state index < -0.39 is 21.8 Å². The van der Waals surface area contributed by atoms with Crippen LogP contribution in [0.15, 0.2) is 71.6 Å². The summed E-state index contributed by atoms with van der Waals surface area (Å²) in [5.41, 5.74) is 1.77. The monoisotopic (exact) mass is 398 g/mol. The zero-order chi connectivity index (χ0) is 19.9. The number of nitrogens with one attached hydrogen (secondary N) is 1. The third kappa shape index (κ3) is 3.18. The number of carboxylic acids is 1. The van der Waals surface area contributed by atoms with Crippen molar-refractivity contribution < 1.29 is 22.7 Å². The second-order valence-corrected chi connectivity index (χ2v) is 7.97. The van der Waals surface area contributed by atoms with Crippen LogP contribution < -0.4 is 4.72 Å². The van der Waals surface area contributed by atoms with Gasteiger partial charge in [0.1, 0.15) is 12.4 Å². The fourth-order valence-corrected chi connectivity index (χ4v) is 4.30. The van der Waals surface area contributed by atoms with Crippen molar-refractivity contribution in [2.24, 2.45) is 0 Å².